The van der Waals surface area contributed by atoms with Gasteiger partial charge in [-0.05, 0) is 32.4 Å². The van der Waals surface area contributed by atoms with Crippen LogP contribution in [0.4, 0.5) is 5.69 Å². The molecule has 3 heterocycles. The molecule has 1 unspecified atom stereocenters. The summed E-state index contributed by atoms with van der Waals surface area (Å²) in [5.74, 6) is -0.832. The van der Waals surface area contributed by atoms with Gasteiger partial charge in [0, 0.05) is 11.3 Å². The Labute approximate surface area is 193 Å². The SMILES string of the molecule is CCOC(=O)C1=C(C)N=c2s/c(=C3\C(=O)Nc4ccccc43)c(=O)n2C1c1ccc(C)cc1. The van der Waals surface area contributed by atoms with Crippen molar-refractivity contribution in [3.8, 4) is 0 Å². The van der Waals surface area contributed by atoms with Crippen molar-refractivity contribution in [1.82, 2.24) is 4.57 Å². The number of nitrogens with one attached hydrogen (secondary N) is 1. The summed E-state index contributed by atoms with van der Waals surface area (Å²) in [6.45, 7) is 5.66. The summed E-state index contributed by atoms with van der Waals surface area (Å²) in [5.41, 5.74) is 3.96. The zero-order valence-electron chi connectivity index (χ0n) is 18.3. The molecular weight excluding hydrogens is 438 g/mol. The molecule has 0 saturated heterocycles. The predicted molar refractivity (Wildman–Crippen MR) is 126 cm³/mol. The van der Waals surface area contributed by atoms with Gasteiger partial charge >= 0.3 is 5.97 Å². The minimum absolute atomic E-state index is 0.210. The molecule has 7 nitrogen and oxygen atoms in total. The molecule has 1 aromatic heterocycles. The Morgan fingerprint density at radius 3 is 2.58 bits per heavy atom. The fraction of sp³-hybridized carbons (Fsp3) is 0.200. The van der Waals surface area contributed by atoms with E-state index in [2.05, 4.69) is 10.3 Å². The van der Waals surface area contributed by atoms with Crippen molar-refractivity contribution < 1.29 is 14.3 Å². The summed E-state index contributed by atoms with van der Waals surface area (Å²) >= 11 is 1.16. The molecule has 0 fully saturated rings. The van der Waals surface area contributed by atoms with Gasteiger partial charge in [0.1, 0.15) is 4.53 Å². The van der Waals surface area contributed by atoms with Gasteiger partial charge in [0.25, 0.3) is 11.5 Å². The van der Waals surface area contributed by atoms with Gasteiger partial charge in [-0.2, -0.15) is 0 Å². The molecule has 0 bridgehead atoms. The number of anilines is 1. The maximum absolute atomic E-state index is 13.8. The molecule has 2 aromatic carbocycles. The molecule has 2 aliphatic rings. The minimum Gasteiger partial charge on any atom is -0.463 e. The van der Waals surface area contributed by atoms with Crippen LogP contribution in [0.5, 0.6) is 0 Å². The van der Waals surface area contributed by atoms with Crippen molar-refractivity contribution >= 4 is 34.5 Å². The second-order valence-electron chi connectivity index (χ2n) is 7.91. The lowest BCUT2D eigenvalue weighted by Gasteiger charge is -2.24. The van der Waals surface area contributed by atoms with E-state index in [0.29, 0.717) is 37.4 Å². The Hall–Kier alpha value is -3.78. The third kappa shape index (κ3) is 3.34. The molecule has 1 amide bonds. The molecule has 3 aromatic rings. The standard InChI is InChI=1S/C25H21N3O4S/c1-4-32-24(31)18-14(3)26-25-28(20(18)15-11-9-13(2)10-12-15)23(30)21(33-25)19-16-7-5-6-8-17(16)27-22(19)29/h5-12,20H,4H2,1-3H3,(H,27,29)/b21-19-. The number of esters is 1. The summed E-state index contributed by atoms with van der Waals surface area (Å²) < 4.78 is 7.12. The lowest BCUT2D eigenvalue weighted by molar-refractivity contribution is -0.139. The number of amides is 1. The van der Waals surface area contributed by atoms with Gasteiger partial charge in [-0.15, -0.1) is 0 Å². The number of para-hydroxylation sites is 1. The number of allylic oxidation sites excluding steroid dienone is 1. The number of hydrogen-bond donors (Lipinski definition) is 1. The number of benzene rings is 2. The molecule has 2 aliphatic heterocycles. The van der Waals surface area contributed by atoms with E-state index in [1.807, 2.05) is 49.4 Å². The van der Waals surface area contributed by atoms with E-state index in [0.717, 1.165) is 22.5 Å². The highest BCUT2D eigenvalue weighted by Crippen LogP contribution is 2.32. The quantitative estimate of drug-likeness (QED) is 0.610. The van der Waals surface area contributed by atoms with Gasteiger partial charge in [0.05, 0.1) is 29.5 Å². The number of rotatable bonds is 3. The van der Waals surface area contributed by atoms with Crippen LogP contribution in [0, 0.1) is 6.92 Å². The fourth-order valence-corrected chi connectivity index (χ4v) is 5.39. The predicted octanol–water partition coefficient (Wildman–Crippen LogP) is 2.43. The lowest BCUT2D eigenvalue weighted by Crippen LogP contribution is -2.40. The number of aromatic nitrogens is 1. The molecule has 8 heteroatoms. The molecule has 0 aliphatic carbocycles. The van der Waals surface area contributed by atoms with Crippen LogP contribution in [0.1, 0.15) is 36.6 Å². The third-order valence-electron chi connectivity index (χ3n) is 5.78. The van der Waals surface area contributed by atoms with Crippen molar-refractivity contribution in [3.63, 3.8) is 0 Å². The first-order chi connectivity index (χ1) is 15.9. The van der Waals surface area contributed by atoms with Gasteiger partial charge in [-0.1, -0.05) is 59.4 Å². The number of fused-ring (bicyclic) bond motifs is 2. The molecule has 0 saturated carbocycles. The first-order valence-electron chi connectivity index (χ1n) is 10.6. The average Bonchev–Trinajstić information content (AvgIpc) is 3.28. The van der Waals surface area contributed by atoms with E-state index >= 15 is 0 Å². The van der Waals surface area contributed by atoms with Crippen LogP contribution >= 0.6 is 11.3 Å². The summed E-state index contributed by atoms with van der Waals surface area (Å²) in [7, 11) is 0. The number of carbonyl (C=O) groups excluding carboxylic acids is 2. The van der Waals surface area contributed by atoms with Gasteiger partial charge < -0.3 is 10.1 Å². The van der Waals surface area contributed by atoms with Gasteiger partial charge in [-0.25, -0.2) is 9.79 Å². The van der Waals surface area contributed by atoms with Crippen molar-refractivity contribution in [2.24, 2.45) is 4.99 Å². The smallest absolute Gasteiger partial charge is 0.338 e. The fourth-order valence-electron chi connectivity index (χ4n) is 4.25. The number of aryl methyl sites for hydroxylation is 1. The highest BCUT2D eigenvalue weighted by molar-refractivity contribution is 7.07. The largest absolute Gasteiger partial charge is 0.463 e. The van der Waals surface area contributed by atoms with Crippen LogP contribution in [0.3, 0.4) is 0 Å². The Morgan fingerprint density at radius 1 is 1.12 bits per heavy atom. The van der Waals surface area contributed by atoms with Crippen LogP contribution in [-0.2, 0) is 14.3 Å². The topological polar surface area (TPSA) is 89.8 Å². The van der Waals surface area contributed by atoms with Crippen molar-refractivity contribution in [2.75, 3.05) is 11.9 Å². The van der Waals surface area contributed by atoms with Crippen LogP contribution in [0.2, 0.25) is 0 Å². The van der Waals surface area contributed by atoms with Gasteiger partial charge in [-0.3, -0.25) is 14.2 Å². The second kappa shape index (κ2) is 7.97. The number of thiazole rings is 1. The summed E-state index contributed by atoms with van der Waals surface area (Å²) in [6.07, 6.45) is 0. The number of nitrogens with zero attached hydrogens (tertiary/aromatic N) is 2. The Balaban J connectivity index is 1.82. The van der Waals surface area contributed by atoms with Crippen molar-refractivity contribution in [3.05, 3.63) is 96.2 Å². The molecule has 1 N–H and O–H groups in total. The number of ether oxygens (including phenoxy) is 1. The zero-order chi connectivity index (χ0) is 23.3. The first-order valence-corrected chi connectivity index (χ1v) is 11.4. The van der Waals surface area contributed by atoms with E-state index in [-0.39, 0.29) is 18.1 Å². The average molecular weight is 460 g/mol. The molecule has 166 valence electrons. The lowest BCUT2D eigenvalue weighted by atomic mass is 9.95. The number of hydrogen-bond acceptors (Lipinski definition) is 6. The Bertz CT molecular complexity index is 1530. The zero-order valence-corrected chi connectivity index (χ0v) is 19.2. The third-order valence-corrected chi connectivity index (χ3v) is 6.84. The first kappa shape index (κ1) is 21.1. The van der Waals surface area contributed by atoms with Crippen molar-refractivity contribution in [2.45, 2.75) is 26.8 Å². The molecule has 0 spiro atoms. The monoisotopic (exact) mass is 459 g/mol. The normalized spacial score (nSPS) is 18.4. The van der Waals surface area contributed by atoms with E-state index in [1.165, 1.54) is 4.57 Å². The van der Waals surface area contributed by atoms with Crippen LogP contribution in [0.15, 0.2) is 69.6 Å². The highest BCUT2D eigenvalue weighted by Gasteiger charge is 2.35. The number of carbonyl (C=O) groups is 2. The Kier molecular flexibility index (Phi) is 5.09. The maximum Gasteiger partial charge on any atom is 0.338 e. The van der Waals surface area contributed by atoms with Crippen LogP contribution < -0.4 is 20.2 Å². The highest BCUT2D eigenvalue weighted by atomic mass is 32.1. The molecule has 0 radical (unpaired) electrons. The van der Waals surface area contributed by atoms with E-state index in [9.17, 15) is 14.4 Å². The maximum atomic E-state index is 13.8. The Morgan fingerprint density at radius 2 is 1.85 bits per heavy atom. The summed E-state index contributed by atoms with van der Waals surface area (Å²) in [5, 5.41) is 2.82. The van der Waals surface area contributed by atoms with E-state index in [1.54, 1.807) is 19.9 Å². The summed E-state index contributed by atoms with van der Waals surface area (Å²) in [6, 6.07) is 14.2. The van der Waals surface area contributed by atoms with Crippen molar-refractivity contribution in [1.29, 1.82) is 0 Å². The minimum atomic E-state index is -0.699. The van der Waals surface area contributed by atoms with Crippen LogP contribution in [0.25, 0.3) is 5.57 Å². The van der Waals surface area contributed by atoms with Gasteiger partial charge in [0.2, 0.25) is 0 Å². The van der Waals surface area contributed by atoms with Crippen LogP contribution in [-0.4, -0.2) is 23.1 Å². The van der Waals surface area contributed by atoms with Gasteiger partial charge in [0.15, 0.2) is 4.80 Å². The second-order valence-corrected chi connectivity index (χ2v) is 8.89. The molecule has 1 atom stereocenters. The summed E-state index contributed by atoms with van der Waals surface area (Å²) in [4.78, 5) is 44.5. The molecular formula is C25H21N3O4S. The molecule has 5 rings (SSSR count). The molecule has 33 heavy (non-hydrogen) atoms. The van der Waals surface area contributed by atoms with E-state index < -0.39 is 12.0 Å². The van der Waals surface area contributed by atoms with E-state index in [4.69, 9.17) is 4.74 Å².